The quantitative estimate of drug-likeness (QED) is 0.936. The first-order valence-electron chi connectivity index (χ1n) is 6.85. The molecule has 0 spiro atoms. The molecule has 1 fully saturated rings. The van der Waals surface area contributed by atoms with E-state index in [-0.39, 0.29) is 11.2 Å². The van der Waals surface area contributed by atoms with Gasteiger partial charge in [0, 0.05) is 11.2 Å². The second-order valence-electron chi connectivity index (χ2n) is 4.95. The Labute approximate surface area is 138 Å². The summed E-state index contributed by atoms with van der Waals surface area (Å²) >= 11 is 7.57. The molecule has 1 N–H and O–H groups in total. The second-order valence-corrected chi connectivity index (χ2v) is 6.55. The highest BCUT2D eigenvalue weighted by molar-refractivity contribution is 8.15. The molecular formula is C16H14ClN3OS. The maximum Gasteiger partial charge on any atom is 0.239 e. The zero-order chi connectivity index (χ0) is 15.5. The first kappa shape index (κ1) is 15.1. The van der Waals surface area contributed by atoms with E-state index in [0.29, 0.717) is 22.4 Å². The zero-order valence-electron chi connectivity index (χ0n) is 11.9. The first-order valence-corrected chi connectivity index (χ1v) is 8.10. The highest BCUT2D eigenvalue weighted by Gasteiger charge is 2.30. The maximum absolute atomic E-state index is 12.1. The molecule has 1 aromatic carbocycles. The minimum absolute atomic E-state index is 0.0442. The normalized spacial score (nSPS) is 19.5. The van der Waals surface area contributed by atoms with E-state index < -0.39 is 0 Å². The second kappa shape index (κ2) is 6.50. The summed E-state index contributed by atoms with van der Waals surface area (Å²) in [6.07, 6.45) is 2.27. The Morgan fingerprint density at radius 2 is 2.14 bits per heavy atom. The van der Waals surface area contributed by atoms with Crippen LogP contribution in [0.15, 0.2) is 47.6 Å². The third-order valence-corrected chi connectivity index (χ3v) is 4.78. The van der Waals surface area contributed by atoms with Crippen molar-refractivity contribution in [2.24, 2.45) is 4.99 Å². The molecule has 22 heavy (non-hydrogen) atoms. The van der Waals surface area contributed by atoms with Gasteiger partial charge in [0.15, 0.2) is 11.0 Å². The molecule has 112 valence electrons. The molecule has 4 nitrogen and oxygen atoms in total. The molecule has 3 rings (SSSR count). The van der Waals surface area contributed by atoms with Crippen molar-refractivity contribution in [3.63, 3.8) is 0 Å². The predicted octanol–water partition coefficient (Wildman–Crippen LogP) is 3.51. The van der Waals surface area contributed by atoms with Gasteiger partial charge in [-0.3, -0.25) is 4.79 Å². The lowest BCUT2D eigenvalue weighted by atomic mass is 10.1. The number of nitrogens with one attached hydrogen (secondary N) is 1. The van der Waals surface area contributed by atoms with Crippen molar-refractivity contribution in [3.8, 4) is 0 Å². The number of hydrogen-bond donors (Lipinski definition) is 1. The SMILES string of the molecule is Cc1cccnc1/N=C1/NC(=O)C(Cc2ccccc2Cl)S1. The van der Waals surface area contributed by atoms with Crippen molar-refractivity contribution in [3.05, 3.63) is 58.7 Å². The summed E-state index contributed by atoms with van der Waals surface area (Å²) < 4.78 is 0. The minimum atomic E-state index is -0.220. The zero-order valence-corrected chi connectivity index (χ0v) is 13.5. The Hall–Kier alpha value is -1.85. The van der Waals surface area contributed by atoms with Crippen LogP contribution in [0.4, 0.5) is 5.82 Å². The number of amides is 1. The Morgan fingerprint density at radius 1 is 1.32 bits per heavy atom. The van der Waals surface area contributed by atoms with Crippen LogP contribution in [-0.2, 0) is 11.2 Å². The predicted molar refractivity (Wildman–Crippen MR) is 90.7 cm³/mol. The Morgan fingerprint density at radius 3 is 2.91 bits per heavy atom. The number of carbonyl (C=O) groups excluding carboxylic acids is 1. The van der Waals surface area contributed by atoms with Crippen LogP contribution in [0.3, 0.4) is 0 Å². The van der Waals surface area contributed by atoms with Crippen LogP contribution >= 0.6 is 23.4 Å². The van der Waals surface area contributed by atoms with Crippen molar-refractivity contribution in [1.82, 2.24) is 10.3 Å². The van der Waals surface area contributed by atoms with Gasteiger partial charge in [0.25, 0.3) is 0 Å². The fraction of sp³-hybridized carbons (Fsp3) is 0.188. The Balaban J connectivity index is 1.76. The van der Waals surface area contributed by atoms with Crippen molar-refractivity contribution in [2.45, 2.75) is 18.6 Å². The number of hydrogen-bond acceptors (Lipinski definition) is 4. The summed E-state index contributed by atoms with van der Waals surface area (Å²) in [6, 6.07) is 11.4. The monoisotopic (exact) mass is 331 g/mol. The van der Waals surface area contributed by atoms with E-state index in [4.69, 9.17) is 11.6 Å². The van der Waals surface area contributed by atoms with E-state index in [1.807, 2.05) is 43.3 Å². The largest absolute Gasteiger partial charge is 0.304 e. The first-order chi connectivity index (χ1) is 10.6. The number of pyridine rings is 1. The van der Waals surface area contributed by atoms with Crippen LogP contribution in [0.25, 0.3) is 0 Å². The third kappa shape index (κ3) is 3.31. The van der Waals surface area contributed by atoms with Crippen LogP contribution in [0.2, 0.25) is 5.02 Å². The molecule has 6 heteroatoms. The highest BCUT2D eigenvalue weighted by atomic mass is 35.5. The number of aliphatic imine (C=N–C) groups is 1. The van der Waals surface area contributed by atoms with Gasteiger partial charge in [-0.1, -0.05) is 47.6 Å². The summed E-state index contributed by atoms with van der Waals surface area (Å²) in [5.74, 6) is 0.584. The van der Waals surface area contributed by atoms with Crippen molar-refractivity contribution in [2.75, 3.05) is 0 Å². The number of nitrogens with zero attached hydrogens (tertiary/aromatic N) is 2. The average Bonchev–Trinajstić information content (AvgIpc) is 2.84. The van der Waals surface area contributed by atoms with E-state index in [1.165, 1.54) is 11.8 Å². The number of amidine groups is 1. The Bertz CT molecular complexity index is 748. The molecule has 1 aromatic heterocycles. The van der Waals surface area contributed by atoms with Gasteiger partial charge in [-0.25, -0.2) is 9.98 Å². The lowest BCUT2D eigenvalue weighted by molar-refractivity contribution is -0.118. The van der Waals surface area contributed by atoms with Gasteiger partial charge in [0.2, 0.25) is 5.91 Å². The smallest absolute Gasteiger partial charge is 0.239 e. The van der Waals surface area contributed by atoms with Gasteiger partial charge >= 0.3 is 0 Å². The van der Waals surface area contributed by atoms with E-state index in [2.05, 4.69) is 15.3 Å². The van der Waals surface area contributed by atoms with E-state index in [1.54, 1.807) is 6.20 Å². The molecule has 0 saturated carbocycles. The highest BCUT2D eigenvalue weighted by Crippen LogP contribution is 2.28. The van der Waals surface area contributed by atoms with Gasteiger partial charge in [0.05, 0.1) is 5.25 Å². The maximum atomic E-state index is 12.1. The van der Waals surface area contributed by atoms with Crippen LogP contribution in [-0.4, -0.2) is 21.3 Å². The molecule has 1 aliphatic heterocycles. The number of rotatable bonds is 3. The van der Waals surface area contributed by atoms with Crippen LogP contribution in [0.5, 0.6) is 0 Å². The molecule has 1 atom stereocenters. The molecule has 0 bridgehead atoms. The number of halogens is 1. The fourth-order valence-electron chi connectivity index (χ4n) is 2.15. The summed E-state index contributed by atoms with van der Waals surface area (Å²) in [4.78, 5) is 20.7. The number of benzene rings is 1. The topological polar surface area (TPSA) is 54.4 Å². The van der Waals surface area contributed by atoms with Gasteiger partial charge in [-0.2, -0.15) is 0 Å². The van der Waals surface area contributed by atoms with Crippen molar-refractivity contribution < 1.29 is 4.79 Å². The molecule has 1 saturated heterocycles. The lowest BCUT2D eigenvalue weighted by Gasteiger charge is -2.06. The van der Waals surface area contributed by atoms with E-state index in [9.17, 15) is 4.79 Å². The molecular weight excluding hydrogens is 318 g/mol. The van der Waals surface area contributed by atoms with Gasteiger partial charge < -0.3 is 5.32 Å². The molecule has 0 radical (unpaired) electrons. The van der Waals surface area contributed by atoms with Crippen LogP contribution < -0.4 is 5.32 Å². The Kier molecular flexibility index (Phi) is 4.45. The van der Waals surface area contributed by atoms with Gasteiger partial charge in [-0.05, 0) is 36.6 Å². The average molecular weight is 332 g/mol. The summed E-state index contributed by atoms with van der Waals surface area (Å²) in [6.45, 7) is 1.94. The summed E-state index contributed by atoms with van der Waals surface area (Å²) in [7, 11) is 0. The van der Waals surface area contributed by atoms with Gasteiger partial charge in [-0.15, -0.1) is 0 Å². The van der Waals surface area contributed by atoms with Gasteiger partial charge in [0.1, 0.15) is 0 Å². The van der Waals surface area contributed by atoms with E-state index >= 15 is 0 Å². The van der Waals surface area contributed by atoms with Crippen molar-refractivity contribution >= 4 is 40.3 Å². The van der Waals surface area contributed by atoms with Crippen LogP contribution in [0, 0.1) is 6.92 Å². The number of thioether (sulfide) groups is 1. The molecule has 1 amide bonds. The molecule has 1 aliphatic rings. The number of aryl methyl sites for hydroxylation is 1. The lowest BCUT2D eigenvalue weighted by Crippen LogP contribution is -2.26. The third-order valence-electron chi connectivity index (χ3n) is 3.33. The molecule has 0 aliphatic carbocycles. The molecule has 1 unspecified atom stereocenters. The van der Waals surface area contributed by atoms with E-state index in [0.717, 1.165) is 11.1 Å². The fourth-order valence-corrected chi connectivity index (χ4v) is 3.36. The summed E-state index contributed by atoms with van der Waals surface area (Å²) in [5, 5.41) is 3.86. The number of aromatic nitrogens is 1. The standard InChI is InChI=1S/C16H14ClN3OS/c1-10-5-4-8-18-14(10)19-16-20-15(21)13(22-16)9-11-6-2-3-7-12(11)17/h2-8,13H,9H2,1H3,(H,18,19,20,21). The number of carbonyl (C=O) groups is 1. The molecule has 2 heterocycles. The summed E-state index contributed by atoms with van der Waals surface area (Å²) in [5.41, 5.74) is 1.94. The van der Waals surface area contributed by atoms with Crippen molar-refractivity contribution in [1.29, 1.82) is 0 Å². The minimum Gasteiger partial charge on any atom is -0.304 e. The molecule has 2 aromatic rings. The van der Waals surface area contributed by atoms with Crippen LogP contribution in [0.1, 0.15) is 11.1 Å².